The summed E-state index contributed by atoms with van der Waals surface area (Å²) in [4.78, 5) is 15.5. The van der Waals surface area contributed by atoms with Crippen LogP contribution in [0, 0.1) is 31.3 Å². The van der Waals surface area contributed by atoms with Gasteiger partial charge in [-0.05, 0) is 48.7 Å². The molecule has 3 rings (SSSR count). The molecule has 0 spiro atoms. The third-order valence-electron chi connectivity index (χ3n) is 3.78. The fraction of sp³-hybridized carbons (Fsp3) is 0.250. The maximum Gasteiger partial charge on any atom is 0.293 e. The van der Waals surface area contributed by atoms with Crippen LogP contribution in [0.5, 0.6) is 0 Å². The average molecular weight is 390 g/mol. The fourth-order valence-electron chi connectivity index (χ4n) is 2.44. The van der Waals surface area contributed by atoms with Crippen molar-refractivity contribution in [1.29, 1.82) is 0 Å². The second-order valence-electron chi connectivity index (χ2n) is 5.89. The number of aromatic nitrogens is 3. The zero-order valence-electron chi connectivity index (χ0n) is 16.1. The van der Waals surface area contributed by atoms with Crippen molar-refractivity contribution in [3.63, 3.8) is 0 Å². The number of aryl methyl sites for hydroxylation is 2. The normalized spacial score (nSPS) is 10.2. The molecule has 28 heavy (non-hydrogen) atoms. The van der Waals surface area contributed by atoms with Gasteiger partial charge in [0.15, 0.2) is 17.5 Å². The van der Waals surface area contributed by atoms with E-state index in [4.69, 9.17) is 0 Å². The van der Waals surface area contributed by atoms with Gasteiger partial charge in [0.1, 0.15) is 6.20 Å². The zero-order chi connectivity index (χ0) is 20.8. The minimum Gasteiger partial charge on any atom is -0.324 e. The molecule has 0 amide bonds. The van der Waals surface area contributed by atoms with Crippen LogP contribution in [0.15, 0.2) is 41.3 Å². The van der Waals surface area contributed by atoms with Gasteiger partial charge in [-0.25, -0.2) is 17.9 Å². The predicted octanol–water partition coefficient (Wildman–Crippen LogP) is 4.49. The van der Waals surface area contributed by atoms with Gasteiger partial charge in [-0.15, -0.1) is 0 Å². The van der Waals surface area contributed by atoms with Gasteiger partial charge in [-0.2, -0.15) is 10.1 Å². The quantitative estimate of drug-likeness (QED) is 0.667. The van der Waals surface area contributed by atoms with Crippen molar-refractivity contribution in [3.8, 4) is 0 Å². The van der Waals surface area contributed by atoms with E-state index in [1.54, 1.807) is 0 Å². The van der Waals surface area contributed by atoms with Gasteiger partial charge in [0, 0.05) is 5.69 Å². The topological polar surface area (TPSA) is 59.8 Å². The number of hydrogen-bond acceptors (Lipinski definition) is 4. The maximum atomic E-state index is 13.4. The highest BCUT2D eigenvalue weighted by Gasteiger charge is 2.13. The van der Waals surface area contributed by atoms with Gasteiger partial charge in [0.2, 0.25) is 5.95 Å². The molecule has 0 radical (unpaired) electrons. The third-order valence-corrected chi connectivity index (χ3v) is 3.78. The van der Waals surface area contributed by atoms with Crippen LogP contribution in [0.4, 0.5) is 24.8 Å². The molecular formula is C20H21F3N4O. The van der Waals surface area contributed by atoms with Crippen LogP contribution in [0.3, 0.4) is 0 Å². The number of halogens is 3. The van der Waals surface area contributed by atoms with E-state index in [0.717, 1.165) is 35.1 Å². The van der Waals surface area contributed by atoms with Crippen LogP contribution in [-0.4, -0.2) is 14.8 Å². The van der Waals surface area contributed by atoms with Crippen LogP contribution in [0.25, 0.3) is 0 Å². The molecule has 8 heteroatoms. The second kappa shape index (κ2) is 9.16. The van der Waals surface area contributed by atoms with Crippen molar-refractivity contribution in [2.45, 2.75) is 34.2 Å². The Bertz CT molecular complexity index is 1010. The molecule has 2 aromatic carbocycles. The summed E-state index contributed by atoms with van der Waals surface area (Å²) >= 11 is 0. The number of rotatable bonds is 4. The fourth-order valence-corrected chi connectivity index (χ4v) is 2.44. The summed E-state index contributed by atoms with van der Waals surface area (Å²) in [5.74, 6) is -4.01. The number of nitrogens with zero attached hydrogens (tertiary/aromatic N) is 3. The van der Waals surface area contributed by atoms with E-state index in [1.807, 2.05) is 45.9 Å². The van der Waals surface area contributed by atoms with Crippen LogP contribution in [0.2, 0.25) is 0 Å². The molecule has 1 N–H and O–H groups in total. The van der Waals surface area contributed by atoms with Gasteiger partial charge in [-0.1, -0.05) is 26.0 Å². The summed E-state index contributed by atoms with van der Waals surface area (Å²) in [6.07, 6.45) is 0.991. The summed E-state index contributed by atoms with van der Waals surface area (Å²) in [7, 11) is 0. The van der Waals surface area contributed by atoms with E-state index >= 15 is 0 Å². The van der Waals surface area contributed by atoms with Crippen molar-refractivity contribution >= 4 is 11.6 Å². The average Bonchev–Trinajstić information content (AvgIpc) is 2.66. The lowest BCUT2D eigenvalue weighted by Crippen LogP contribution is -2.19. The highest BCUT2D eigenvalue weighted by Crippen LogP contribution is 2.21. The Labute approximate surface area is 160 Å². The summed E-state index contributed by atoms with van der Waals surface area (Å²) < 4.78 is 41.2. The lowest BCUT2D eigenvalue weighted by Gasteiger charge is -2.14. The number of hydrogen-bond donors (Lipinski definition) is 1. The molecule has 0 bridgehead atoms. The highest BCUT2D eigenvalue weighted by molar-refractivity contribution is 5.59. The SMILES string of the molecule is CC.Cc1ccc(C)c(Nc2nc(=O)cnn2Cc2cc(F)c(F)c(F)c2)c1. The molecule has 0 aliphatic rings. The Balaban J connectivity index is 0.00000136. The monoisotopic (exact) mass is 390 g/mol. The lowest BCUT2D eigenvalue weighted by atomic mass is 10.1. The van der Waals surface area contributed by atoms with Gasteiger partial charge in [0.25, 0.3) is 5.56 Å². The zero-order valence-corrected chi connectivity index (χ0v) is 16.1. The van der Waals surface area contributed by atoms with Gasteiger partial charge < -0.3 is 5.32 Å². The molecule has 0 saturated heterocycles. The highest BCUT2D eigenvalue weighted by atomic mass is 19.2. The van der Waals surface area contributed by atoms with Crippen molar-refractivity contribution in [3.05, 3.63) is 81.0 Å². The van der Waals surface area contributed by atoms with E-state index in [0.29, 0.717) is 0 Å². The first kappa shape index (κ1) is 21.1. The van der Waals surface area contributed by atoms with Crippen LogP contribution in [-0.2, 0) is 6.54 Å². The van der Waals surface area contributed by atoms with E-state index < -0.39 is 23.0 Å². The Morgan fingerprint density at radius 1 is 1.04 bits per heavy atom. The third kappa shape index (κ3) is 4.97. The van der Waals surface area contributed by atoms with Crippen molar-refractivity contribution in [2.24, 2.45) is 0 Å². The van der Waals surface area contributed by atoms with Crippen molar-refractivity contribution < 1.29 is 13.2 Å². The Kier molecular flexibility index (Phi) is 6.92. The first-order valence-electron chi connectivity index (χ1n) is 8.75. The largest absolute Gasteiger partial charge is 0.324 e. The minimum absolute atomic E-state index is 0.103. The first-order chi connectivity index (χ1) is 13.3. The molecule has 1 heterocycles. The Morgan fingerprint density at radius 3 is 2.32 bits per heavy atom. The number of benzene rings is 2. The van der Waals surface area contributed by atoms with Gasteiger partial charge in [-0.3, -0.25) is 4.79 Å². The van der Waals surface area contributed by atoms with Crippen LogP contribution >= 0.6 is 0 Å². The van der Waals surface area contributed by atoms with Gasteiger partial charge in [0.05, 0.1) is 6.54 Å². The molecule has 0 saturated carbocycles. The second-order valence-corrected chi connectivity index (χ2v) is 5.89. The van der Waals surface area contributed by atoms with Crippen molar-refractivity contribution in [2.75, 3.05) is 5.32 Å². The van der Waals surface area contributed by atoms with Crippen LogP contribution < -0.4 is 10.9 Å². The Hall–Kier alpha value is -3.16. The van der Waals surface area contributed by atoms with Crippen molar-refractivity contribution in [1.82, 2.24) is 14.8 Å². The molecule has 5 nitrogen and oxygen atoms in total. The Morgan fingerprint density at radius 2 is 1.68 bits per heavy atom. The molecule has 0 aliphatic carbocycles. The molecule has 0 unspecified atom stereocenters. The van der Waals surface area contributed by atoms with E-state index in [2.05, 4.69) is 15.4 Å². The summed E-state index contributed by atoms with van der Waals surface area (Å²) in [6, 6.07) is 7.46. The lowest BCUT2D eigenvalue weighted by molar-refractivity contribution is 0.444. The summed E-state index contributed by atoms with van der Waals surface area (Å²) in [5.41, 5.74) is 2.21. The van der Waals surface area contributed by atoms with E-state index in [1.165, 1.54) is 4.68 Å². The van der Waals surface area contributed by atoms with E-state index in [9.17, 15) is 18.0 Å². The van der Waals surface area contributed by atoms with Gasteiger partial charge >= 0.3 is 0 Å². The standard InChI is InChI=1S/C18H15F3N4O.C2H6/c1-10-3-4-11(2)15(5-10)23-18-24-16(26)8-22-25(18)9-12-6-13(19)17(21)14(20)7-12;1-2/h3-8H,9H2,1-2H3,(H,23,24,26);1-2H3. The predicted molar refractivity (Wildman–Crippen MR) is 102 cm³/mol. The maximum absolute atomic E-state index is 13.4. The molecule has 0 atom stereocenters. The van der Waals surface area contributed by atoms with E-state index in [-0.39, 0.29) is 18.1 Å². The summed E-state index contributed by atoms with van der Waals surface area (Å²) in [6.45, 7) is 7.69. The minimum atomic E-state index is -1.53. The molecule has 0 aliphatic heterocycles. The van der Waals surface area contributed by atoms with Crippen LogP contribution in [0.1, 0.15) is 30.5 Å². The first-order valence-corrected chi connectivity index (χ1v) is 8.75. The molecular weight excluding hydrogens is 369 g/mol. The smallest absolute Gasteiger partial charge is 0.293 e. The molecule has 0 fully saturated rings. The molecule has 1 aromatic heterocycles. The summed E-state index contributed by atoms with van der Waals surface area (Å²) in [5, 5.41) is 6.96. The molecule has 3 aromatic rings. The molecule has 148 valence electrons. The number of nitrogens with one attached hydrogen (secondary N) is 1. The number of anilines is 2.